The summed E-state index contributed by atoms with van der Waals surface area (Å²) in [6.07, 6.45) is 5.97. The quantitative estimate of drug-likeness (QED) is 0.775. The molecule has 1 saturated carbocycles. The van der Waals surface area contributed by atoms with E-state index in [0.717, 1.165) is 19.4 Å². The van der Waals surface area contributed by atoms with Crippen LogP contribution >= 0.6 is 0 Å². The van der Waals surface area contributed by atoms with Crippen LogP contribution in [0.2, 0.25) is 0 Å². The highest BCUT2D eigenvalue weighted by molar-refractivity contribution is 5.09. The zero-order valence-corrected chi connectivity index (χ0v) is 8.56. The summed E-state index contributed by atoms with van der Waals surface area (Å²) in [6, 6.07) is 5.24. The van der Waals surface area contributed by atoms with Crippen molar-refractivity contribution in [3.8, 4) is 0 Å². The van der Waals surface area contributed by atoms with E-state index in [4.69, 9.17) is 5.73 Å². The van der Waals surface area contributed by atoms with Gasteiger partial charge in [0, 0.05) is 31.0 Å². The molecule has 1 heterocycles. The van der Waals surface area contributed by atoms with Crippen molar-refractivity contribution in [3.05, 3.63) is 30.1 Å². The summed E-state index contributed by atoms with van der Waals surface area (Å²) in [5, 5.41) is 0. The second-order valence-corrected chi connectivity index (χ2v) is 4.16. The van der Waals surface area contributed by atoms with Crippen LogP contribution in [0.25, 0.3) is 0 Å². The largest absolute Gasteiger partial charge is 0.328 e. The molecule has 0 atom stereocenters. The maximum Gasteiger partial charge on any atom is 0.0271 e. The lowest BCUT2D eigenvalue weighted by atomic mass is 9.86. The summed E-state index contributed by atoms with van der Waals surface area (Å²) in [4.78, 5) is 6.38. The van der Waals surface area contributed by atoms with Crippen LogP contribution < -0.4 is 5.73 Å². The van der Waals surface area contributed by atoms with Crippen molar-refractivity contribution in [1.82, 2.24) is 9.88 Å². The van der Waals surface area contributed by atoms with Crippen molar-refractivity contribution in [3.63, 3.8) is 0 Å². The molecule has 14 heavy (non-hydrogen) atoms. The van der Waals surface area contributed by atoms with Gasteiger partial charge in [-0.15, -0.1) is 0 Å². The van der Waals surface area contributed by atoms with Gasteiger partial charge in [-0.25, -0.2) is 0 Å². The van der Waals surface area contributed by atoms with E-state index >= 15 is 0 Å². The minimum absolute atomic E-state index is 0.430. The predicted octanol–water partition coefficient (Wildman–Crippen LogP) is 1.00. The van der Waals surface area contributed by atoms with Gasteiger partial charge in [-0.3, -0.25) is 9.88 Å². The number of aromatic nitrogens is 1. The fourth-order valence-corrected chi connectivity index (χ4v) is 1.90. The molecule has 0 radical (unpaired) electrons. The minimum atomic E-state index is 0.430. The SMILES string of the molecule is CN(Cc1ccncc1)C1CC(N)C1. The summed E-state index contributed by atoms with van der Waals surface area (Å²) in [7, 11) is 2.16. The van der Waals surface area contributed by atoms with E-state index in [1.165, 1.54) is 5.56 Å². The maximum atomic E-state index is 5.76. The van der Waals surface area contributed by atoms with Crippen LogP contribution in [-0.4, -0.2) is 29.0 Å². The molecule has 0 aliphatic heterocycles. The first-order valence-electron chi connectivity index (χ1n) is 5.10. The van der Waals surface area contributed by atoms with Gasteiger partial charge < -0.3 is 5.73 Å². The van der Waals surface area contributed by atoms with Gasteiger partial charge in [0.25, 0.3) is 0 Å². The Bertz CT molecular complexity index is 280. The molecule has 2 rings (SSSR count). The van der Waals surface area contributed by atoms with E-state index in [1.54, 1.807) is 0 Å². The summed E-state index contributed by atoms with van der Waals surface area (Å²) in [5.41, 5.74) is 7.09. The number of rotatable bonds is 3. The average Bonchev–Trinajstić information content (AvgIpc) is 2.14. The third-order valence-corrected chi connectivity index (χ3v) is 2.95. The van der Waals surface area contributed by atoms with E-state index in [2.05, 4.69) is 29.1 Å². The molecule has 1 aromatic rings. The molecule has 0 bridgehead atoms. The van der Waals surface area contributed by atoms with Gasteiger partial charge in [0.05, 0.1) is 0 Å². The molecule has 1 aromatic heterocycles. The van der Waals surface area contributed by atoms with Crippen LogP contribution in [0.4, 0.5) is 0 Å². The van der Waals surface area contributed by atoms with Crippen molar-refractivity contribution in [2.24, 2.45) is 5.73 Å². The molecule has 0 saturated heterocycles. The first-order chi connectivity index (χ1) is 6.75. The lowest BCUT2D eigenvalue weighted by molar-refractivity contribution is 0.132. The standard InChI is InChI=1S/C11H17N3/c1-14(11-6-10(12)7-11)8-9-2-4-13-5-3-9/h2-5,10-11H,6-8,12H2,1H3. The molecular weight excluding hydrogens is 174 g/mol. The molecule has 1 aliphatic rings. The molecule has 0 amide bonds. The Labute approximate surface area is 84.9 Å². The topological polar surface area (TPSA) is 42.2 Å². The Morgan fingerprint density at radius 2 is 2.07 bits per heavy atom. The number of hydrogen-bond acceptors (Lipinski definition) is 3. The molecule has 3 nitrogen and oxygen atoms in total. The van der Waals surface area contributed by atoms with E-state index in [-0.39, 0.29) is 0 Å². The molecule has 0 aromatic carbocycles. The Morgan fingerprint density at radius 3 is 2.64 bits per heavy atom. The molecular formula is C11H17N3. The second-order valence-electron chi connectivity index (χ2n) is 4.16. The van der Waals surface area contributed by atoms with Crippen LogP contribution in [0, 0.1) is 0 Å². The number of nitrogens with zero attached hydrogens (tertiary/aromatic N) is 2. The Morgan fingerprint density at radius 1 is 1.43 bits per heavy atom. The van der Waals surface area contributed by atoms with E-state index in [1.807, 2.05) is 12.4 Å². The van der Waals surface area contributed by atoms with Crippen LogP contribution in [0.15, 0.2) is 24.5 Å². The molecule has 2 N–H and O–H groups in total. The van der Waals surface area contributed by atoms with Crippen LogP contribution in [0.5, 0.6) is 0 Å². The molecule has 1 aliphatic carbocycles. The van der Waals surface area contributed by atoms with Gasteiger partial charge in [-0.1, -0.05) is 0 Å². The number of pyridine rings is 1. The van der Waals surface area contributed by atoms with Crippen molar-refractivity contribution in [2.45, 2.75) is 31.5 Å². The first-order valence-corrected chi connectivity index (χ1v) is 5.10. The number of hydrogen-bond donors (Lipinski definition) is 1. The summed E-state index contributed by atoms with van der Waals surface area (Å²) in [6.45, 7) is 1.000. The van der Waals surface area contributed by atoms with Gasteiger partial charge in [0.2, 0.25) is 0 Å². The van der Waals surface area contributed by atoms with Crippen LogP contribution in [-0.2, 0) is 6.54 Å². The van der Waals surface area contributed by atoms with Crippen LogP contribution in [0.3, 0.4) is 0 Å². The van der Waals surface area contributed by atoms with Gasteiger partial charge in [0.15, 0.2) is 0 Å². The van der Waals surface area contributed by atoms with E-state index in [9.17, 15) is 0 Å². The zero-order valence-electron chi connectivity index (χ0n) is 8.56. The van der Waals surface area contributed by atoms with Crippen molar-refractivity contribution >= 4 is 0 Å². The molecule has 3 heteroatoms. The second kappa shape index (κ2) is 4.07. The Balaban J connectivity index is 1.86. The van der Waals surface area contributed by atoms with E-state index < -0.39 is 0 Å². The van der Waals surface area contributed by atoms with Crippen molar-refractivity contribution in [1.29, 1.82) is 0 Å². The molecule has 1 fully saturated rings. The molecule has 76 valence electrons. The van der Waals surface area contributed by atoms with Gasteiger partial charge >= 0.3 is 0 Å². The van der Waals surface area contributed by atoms with Gasteiger partial charge in [-0.05, 0) is 37.6 Å². The molecule has 0 unspecified atom stereocenters. The number of nitrogens with two attached hydrogens (primary N) is 1. The lowest BCUT2D eigenvalue weighted by Crippen LogP contribution is -2.48. The average molecular weight is 191 g/mol. The van der Waals surface area contributed by atoms with Crippen molar-refractivity contribution < 1.29 is 0 Å². The smallest absolute Gasteiger partial charge is 0.0271 e. The summed E-state index contributed by atoms with van der Waals surface area (Å²) in [5.74, 6) is 0. The zero-order chi connectivity index (χ0) is 9.97. The highest BCUT2D eigenvalue weighted by Gasteiger charge is 2.28. The summed E-state index contributed by atoms with van der Waals surface area (Å²) >= 11 is 0. The van der Waals surface area contributed by atoms with Gasteiger partial charge in [-0.2, -0.15) is 0 Å². The third-order valence-electron chi connectivity index (χ3n) is 2.95. The lowest BCUT2D eigenvalue weighted by Gasteiger charge is -2.39. The Hall–Kier alpha value is -0.930. The van der Waals surface area contributed by atoms with Gasteiger partial charge in [0.1, 0.15) is 0 Å². The highest BCUT2D eigenvalue weighted by atomic mass is 15.1. The fourth-order valence-electron chi connectivity index (χ4n) is 1.90. The first kappa shape index (κ1) is 9.62. The summed E-state index contributed by atoms with van der Waals surface area (Å²) < 4.78 is 0. The fraction of sp³-hybridized carbons (Fsp3) is 0.545. The molecule has 0 spiro atoms. The minimum Gasteiger partial charge on any atom is -0.328 e. The predicted molar refractivity (Wildman–Crippen MR) is 56.7 cm³/mol. The van der Waals surface area contributed by atoms with E-state index in [0.29, 0.717) is 12.1 Å². The van der Waals surface area contributed by atoms with Crippen LogP contribution in [0.1, 0.15) is 18.4 Å². The highest BCUT2D eigenvalue weighted by Crippen LogP contribution is 2.23. The normalized spacial score (nSPS) is 26.2. The third kappa shape index (κ3) is 2.11. The maximum absolute atomic E-state index is 5.76. The van der Waals surface area contributed by atoms with Crippen molar-refractivity contribution in [2.75, 3.05) is 7.05 Å². The monoisotopic (exact) mass is 191 g/mol. The Kier molecular flexibility index (Phi) is 2.79.